The molecule has 0 fully saturated rings. The van der Waals surface area contributed by atoms with E-state index in [0.717, 1.165) is 29.3 Å². The molecule has 0 amide bonds. The molecule has 0 bridgehead atoms. The van der Waals surface area contributed by atoms with Gasteiger partial charge >= 0.3 is 0 Å². The van der Waals surface area contributed by atoms with E-state index in [0.29, 0.717) is 19.7 Å². The van der Waals surface area contributed by atoms with E-state index < -0.39 is 6.10 Å². The van der Waals surface area contributed by atoms with Crippen molar-refractivity contribution in [1.29, 1.82) is 0 Å². The Morgan fingerprint density at radius 2 is 1.79 bits per heavy atom. The Labute approximate surface area is 195 Å². The topological polar surface area (TPSA) is 63.7 Å². The van der Waals surface area contributed by atoms with Gasteiger partial charge in [0.15, 0.2) is 0 Å². The van der Waals surface area contributed by atoms with Crippen LogP contribution in [0.3, 0.4) is 0 Å². The van der Waals surface area contributed by atoms with Crippen LogP contribution in [0.15, 0.2) is 53.1 Å². The van der Waals surface area contributed by atoms with Crippen LogP contribution >= 0.6 is 0 Å². The summed E-state index contributed by atoms with van der Waals surface area (Å²) < 4.78 is 13.3. The summed E-state index contributed by atoms with van der Waals surface area (Å²) in [6.07, 6.45) is -0.457. The Balaban J connectivity index is 1.31. The van der Waals surface area contributed by atoms with Crippen LogP contribution in [0, 0.1) is 27.7 Å². The summed E-state index contributed by atoms with van der Waals surface area (Å²) in [6.45, 7) is 10.5. The highest BCUT2D eigenvalue weighted by atomic mass is 16.5. The number of ether oxygens (including phenoxy) is 1. The van der Waals surface area contributed by atoms with Crippen molar-refractivity contribution in [1.82, 2.24) is 14.6 Å². The molecule has 6 heteroatoms. The van der Waals surface area contributed by atoms with E-state index in [2.05, 4.69) is 64.9 Å². The van der Waals surface area contributed by atoms with Gasteiger partial charge in [0.05, 0.1) is 23.9 Å². The van der Waals surface area contributed by atoms with Crippen LogP contribution in [0.25, 0.3) is 10.9 Å². The summed E-state index contributed by atoms with van der Waals surface area (Å²) >= 11 is 0. The third-order valence-corrected chi connectivity index (χ3v) is 6.40. The molecule has 0 aliphatic rings. The number of fused-ring (bicyclic) bond motifs is 1. The standard InChI is InChI=1S/C27H33N3O3/c1-18-20(3)30(27-9-7-6-8-25(18)27)16-23(31)15-29(5)14-22-10-12-24(13-11-22)32-17-26-19(2)28-33-21(26)4/h6-13,23,31H,14-17H2,1-5H3/t23-/m1/s1. The Morgan fingerprint density at radius 3 is 2.48 bits per heavy atom. The maximum absolute atomic E-state index is 10.8. The fourth-order valence-corrected chi connectivity index (χ4v) is 4.40. The van der Waals surface area contributed by atoms with Gasteiger partial charge in [0.2, 0.25) is 0 Å². The van der Waals surface area contributed by atoms with Gasteiger partial charge in [-0.15, -0.1) is 0 Å². The number of likely N-dealkylation sites (N-methyl/N-ethyl adjacent to an activating group) is 1. The van der Waals surface area contributed by atoms with Gasteiger partial charge in [0, 0.05) is 29.7 Å². The van der Waals surface area contributed by atoms with E-state index in [1.165, 1.54) is 27.7 Å². The number of aliphatic hydroxyl groups excluding tert-OH is 1. The Morgan fingerprint density at radius 1 is 1.06 bits per heavy atom. The van der Waals surface area contributed by atoms with E-state index >= 15 is 0 Å². The minimum absolute atomic E-state index is 0.444. The summed E-state index contributed by atoms with van der Waals surface area (Å²) in [5.41, 5.74) is 6.71. The number of nitrogens with zero attached hydrogens (tertiary/aromatic N) is 3. The zero-order valence-electron chi connectivity index (χ0n) is 20.1. The fourth-order valence-electron chi connectivity index (χ4n) is 4.40. The van der Waals surface area contributed by atoms with Crippen molar-refractivity contribution in [2.45, 2.75) is 53.5 Å². The van der Waals surface area contributed by atoms with Gasteiger partial charge in [0.25, 0.3) is 0 Å². The van der Waals surface area contributed by atoms with Crippen LogP contribution in [-0.2, 0) is 19.7 Å². The van der Waals surface area contributed by atoms with E-state index in [1.54, 1.807) is 0 Å². The lowest BCUT2D eigenvalue weighted by atomic mass is 10.2. The number of para-hydroxylation sites is 1. The maximum Gasteiger partial charge on any atom is 0.140 e. The quantitative estimate of drug-likeness (QED) is 0.394. The van der Waals surface area contributed by atoms with Crippen molar-refractivity contribution in [3.8, 4) is 5.75 Å². The first-order valence-corrected chi connectivity index (χ1v) is 11.4. The lowest BCUT2D eigenvalue weighted by Gasteiger charge is -2.22. The molecule has 0 aliphatic carbocycles. The first-order chi connectivity index (χ1) is 15.8. The minimum atomic E-state index is -0.457. The summed E-state index contributed by atoms with van der Waals surface area (Å²) in [5, 5.41) is 16.0. The largest absolute Gasteiger partial charge is 0.489 e. The highest BCUT2D eigenvalue weighted by molar-refractivity contribution is 5.85. The van der Waals surface area contributed by atoms with E-state index in [4.69, 9.17) is 9.26 Å². The van der Waals surface area contributed by atoms with Crippen molar-refractivity contribution in [3.63, 3.8) is 0 Å². The van der Waals surface area contributed by atoms with Crippen LogP contribution in [0.4, 0.5) is 0 Å². The Hall–Kier alpha value is -3.09. The molecule has 0 unspecified atom stereocenters. The van der Waals surface area contributed by atoms with Gasteiger partial charge in [-0.25, -0.2) is 0 Å². The normalized spacial score (nSPS) is 12.6. The lowest BCUT2D eigenvalue weighted by Crippen LogP contribution is -2.32. The number of aromatic nitrogens is 2. The monoisotopic (exact) mass is 447 g/mol. The molecule has 0 saturated carbocycles. The van der Waals surface area contributed by atoms with Gasteiger partial charge in [0.1, 0.15) is 18.1 Å². The van der Waals surface area contributed by atoms with Gasteiger partial charge in [-0.2, -0.15) is 0 Å². The molecule has 2 heterocycles. The number of hydrogen-bond acceptors (Lipinski definition) is 5. The van der Waals surface area contributed by atoms with Crippen LogP contribution < -0.4 is 4.74 Å². The second-order valence-corrected chi connectivity index (χ2v) is 8.92. The number of aliphatic hydroxyl groups is 1. The van der Waals surface area contributed by atoms with Gasteiger partial charge in [-0.3, -0.25) is 4.90 Å². The Bertz CT molecular complexity index is 1200. The van der Waals surface area contributed by atoms with Crippen molar-refractivity contribution in [2.75, 3.05) is 13.6 Å². The molecule has 0 radical (unpaired) electrons. The van der Waals surface area contributed by atoms with Gasteiger partial charge in [-0.1, -0.05) is 35.5 Å². The highest BCUT2D eigenvalue weighted by Crippen LogP contribution is 2.25. The minimum Gasteiger partial charge on any atom is -0.489 e. The van der Waals surface area contributed by atoms with Crippen molar-refractivity contribution in [2.24, 2.45) is 0 Å². The molecular weight excluding hydrogens is 414 g/mol. The molecule has 2 aromatic carbocycles. The van der Waals surface area contributed by atoms with E-state index in [1.807, 2.05) is 33.0 Å². The van der Waals surface area contributed by atoms with Crippen LogP contribution in [0.5, 0.6) is 5.75 Å². The van der Waals surface area contributed by atoms with Gasteiger partial charge in [-0.05, 0) is 64.1 Å². The molecule has 0 aliphatic heterocycles. The second kappa shape index (κ2) is 9.81. The molecule has 0 saturated heterocycles. The molecular formula is C27H33N3O3. The second-order valence-electron chi connectivity index (χ2n) is 8.92. The van der Waals surface area contributed by atoms with E-state index in [9.17, 15) is 5.11 Å². The third kappa shape index (κ3) is 5.13. The molecule has 4 aromatic rings. The maximum atomic E-state index is 10.8. The zero-order chi connectivity index (χ0) is 23.5. The summed E-state index contributed by atoms with van der Waals surface area (Å²) in [5.74, 6) is 1.61. The zero-order valence-corrected chi connectivity index (χ0v) is 20.1. The fraction of sp³-hybridized carbons (Fsp3) is 0.370. The molecule has 1 N–H and O–H groups in total. The molecule has 2 aromatic heterocycles. The molecule has 174 valence electrons. The number of benzene rings is 2. The number of rotatable bonds is 9. The van der Waals surface area contributed by atoms with Crippen LogP contribution in [0.2, 0.25) is 0 Å². The molecule has 1 atom stereocenters. The molecule has 33 heavy (non-hydrogen) atoms. The van der Waals surface area contributed by atoms with Crippen LogP contribution in [-0.4, -0.2) is 39.4 Å². The summed E-state index contributed by atoms with van der Waals surface area (Å²) in [6, 6.07) is 16.5. The molecule has 6 nitrogen and oxygen atoms in total. The highest BCUT2D eigenvalue weighted by Gasteiger charge is 2.15. The average Bonchev–Trinajstić information content (AvgIpc) is 3.24. The van der Waals surface area contributed by atoms with Crippen LogP contribution in [0.1, 0.15) is 33.8 Å². The molecule has 0 spiro atoms. The smallest absolute Gasteiger partial charge is 0.140 e. The van der Waals surface area contributed by atoms with Crippen molar-refractivity contribution >= 4 is 10.9 Å². The Kier molecular flexibility index (Phi) is 6.86. The van der Waals surface area contributed by atoms with Crippen molar-refractivity contribution < 1.29 is 14.4 Å². The van der Waals surface area contributed by atoms with Crippen molar-refractivity contribution in [3.05, 3.63) is 82.4 Å². The van der Waals surface area contributed by atoms with Gasteiger partial charge < -0.3 is 18.9 Å². The first-order valence-electron chi connectivity index (χ1n) is 11.4. The number of aryl methyl sites for hydroxylation is 3. The number of hydrogen-bond donors (Lipinski definition) is 1. The summed E-state index contributed by atoms with van der Waals surface area (Å²) in [7, 11) is 2.04. The lowest BCUT2D eigenvalue weighted by molar-refractivity contribution is 0.108. The first kappa shape index (κ1) is 23.1. The van der Waals surface area contributed by atoms with E-state index in [-0.39, 0.29) is 0 Å². The molecule has 4 rings (SSSR count). The average molecular weight is 448 g/mol. The SMILES string of the molecule is Cc1noc(C)c1COc1ccc(CN(C)C[C@@H](O)Cn2c(C)c(C)c3ccccc32)cc1. The predicted octanol–water partition coefficient (Wildman–Crippen LogP) is 4.93. The summed E-state index contributed by atoms with van der Waals surface area (Å²) in [4.78, 5) is 2.15. The predicted molar refractivity (Wildman–Crippen MR) is 131 cm³/mol. The third-order valence-electron chi connectivity index (χ3n) is 6.40.